The first-order chi connectivity index (χ1) is 7.68. The molecule has 16 heavy (non-hydrogen) atoms. The second kappa shape index (κ2) is 4.72. The maximum absolute atomic E-state index is 11.6. The van der Waals surface area contributed by atoms with E-state index in [1.54, 1.807) is 0 Å². The Hall–Kier alpha value is -0.610. The van der Waals surface area contributed by atoms with Gasteiger partial charge in [-0.15, -0.1) is 0 Å². The van der Waals surface area contributed by atoms with Crippen molar-refractivity contribution in [3.63, 3.8) is 0 Å². The van der Waals surface area contributed by atoms with Crippen LogP contribution in [0, 0.1) is 5.41 Å². The lowest BCUT2D eigenvalue weighted by Gasteiger charge is -2.32. The van der Waals surface area contributed by atoms with Crippen LogP contribution in [0.3, 0.4) is 0 Å². The lowest BCUT2D eigenvalue weighted by molar-refractivity contribution is -0.138. The molecule has 3 nitrogen and oxygen atoms in total. The quantitative estimate of drug-likeness (QED) is 0.732. The molecule has 2 aliphatic rings. The topological polar surface area (TPSA) is 35.5 Å². The van der Waals surface area contributed by atoms with E-state index >= 15 is 0 Å². The normalized spacial score (nSPS) is 22.9. The Morgan fingerprint density at radius 2 is 2.25 bits per heavy atom. The zero-order valence-corrected chi connectivity index (χ0v) is 10.9. The molecule has 1 fully saturated rings. The van der Waals surface area contributed by atoms with Crippen LogP contribution in [0.5, 0.6) is 0 Å². The van der Waals surface area contributed by atoms with Gasteiger partial charge in [-0.05, 0) is 25.8 Å². The molecule has 4 heteroatoms. The van der Waals surface area contributed by atoms with E-state index in [0.717, 1.165) is 30.5 Å². The van der Waals surface area contributed by atoms with E-state index in [1.807, 2.05) is 19.1 Å². The van der Waals surface area contributed by atoms with Crippen molar-refractivity contribution in [2.24, 2.45) is 5.41 Å². The molecule has 0 unspecified atom stereocenters. The summed E-state index contributed by atoms with van der Waals surface area (Å²) in [6.45, 7) is 3.72. The molecule has 0 amide bonds. The van der Waals surface area contributed by atoms with Crippen LogP contribution < -0.4 is 0 Å². The van der Waals surface area contributed by atoms with Gasteiger partial charge in [0.25, 0.3) is 0 Å². The van der Waals surface area contributed by atoms with Gasteiger partial charge in [-0.25, -0.2) is 4.79 Å². The summed E-state index contributed by atoms with van der Waals surface area (Å²) in [5, 5.41) is 0. The van der Waals surface area contributed by atoms with Gasteiger partial charge in [0.05, 0.1) is 12.2 Å². The standard InChI is InChI=1S/C12H15BrO3/c1-2-16-11(14)9-7-10(13)12(8-9)3-5-15-6-4-12/h7-8H,2-6H2,1H3. The molecule has 1 aliphatic carbocycles. The molecule has 1 spiro atoms. The van der Waals surface area contributed by atoms with Crippen LogP contribution in [-0.4, -0.2) is 25.8 Å². The average molecular weight is 287 g/mol. The van der Waals surface area contributed by atoms with Gasteiger partial charge in [-0.2, -0.15) is 0 Å². The van der Waals surface area contributed by atoms with Crippen LogP contribution in [0.1, 0.15) is 19.8 Å². The number of carbonyl (C=O) groups excluding carboxylic acids is 1. The number of carbonyl (C=O) groups is 1. The van der Waals surface area contributed by atoms with Crippen molar-refractivity contribution in [2.75, 3.05) is 19.8 Å². The minimum atomic E-state index is -0.234. The first-order valence-electron chi connectivity index (χ1n) is 5.53. The molecular weight excluding hydrogens is 272 g/mol. The lowest BCUT2D eigenvalue weighted by atomic mass is 9.82. The highest BCUT2D eigenvalue weighted by Gasteiger charge is 2.38. The molecule has 0 aromatic heterocycles. The molecule has 1 saturated heterocycles. The van der Waals surface area contributed by atoms with E-state index in [9.17, 15) is 4.79 Å². The van der Waals surface area contributed by atoms with Crippen LogP contribution in [-0.2, 0) is 14.3 Å². The van der Waals surface area contributed by atoms with Gasteiger partial charge in [-0.1, -0.05) is 22.0 Å². The predicted octanol–water partition coefficient (Wildman–Crippen LogP) is 2.57. The summed E-state index contributed by atoms with van der Waals surface area (Å²) in [7, 11) is 0. The number of esters is 1. The van der Waals surface area contributed by atoms with Gasteiger partial charge in [0, 0.05) is 23.1 Å². The Bertz CT molecular complexity index is 351. The molecule has 0 aromatic rings. The van der Waals surface area contributed by atoms with Crippen molar-refractivity contribution in [2.45, 2.75) is 19.8 Å². The van der Waals surface area contributed by atoms with E-state index in [1.165, 1.54) is 0 Å². The highest BCUT2D eigenvalue weighted by atomic mass is 79.9. The number of hydrogen-bond acceptors (Lipinski definition) is 3. The zero-order valence-electron chi connectivity index (χ0n) is 9.29. The van der Waals surface area contributed by atoms with Crippen LogP contribution in [0.4, 0.5) is 0 Å². The molecular formula is C12H15BrO3. The van der Waals surface area contributed by atoms with Crippen molar-refractivity contribution in [3.05, 3.63) is 22.2 Å². The van der Waals surface area contributed by atoms with E-state index in [0.29, 0.717) is 12.2 Å². The van der Waals surface area contributed by atoms with Gasteiger partial charge in [0.1, 0.15) is 0 Å². The fourth-order valence-electron chi connectivity index (χ4n) is 2.14. The molecule has 0 saturated carbocycles. The van der Waals surface area contributed by atoms with Crippen LogP contribution in [0.2, 0.25) is 0 Å². The Labute approximate surface area is 104 Å². The fourth-order valence-corrected chi connectivity index (χ4v) is 2.90. The summed E-state index contributed by atoms with van der Waals surface area (Å²) in [5.41, 5.74) is 0.635. The molecule has 2 rings (SSSR count). The average Bonchev–Trinajstić information content (AvgIpc) is 2.58. The second-order valence-corrected chi connectivity index (χ2v) is 4.94. The van der Waals surface area contributed by atoms with Gasteiger partial charge in [0.2, 0.25) is 0 Å². The number of rotatable bonds is 2. The Balaban J connectivity index is 2.18. The fraction of sp³-hybridized carbons (Fsp3) is 0.583. The van der Waals surface area contributed by atoms with Gasteiger partial charge >= 0.3 is 5.97 Å². The van der Waals surface area contributed by atoms with Crippen LogP contribution in [0.25, 0.3) is 0 Å². The van der Waals surface area contributed by atoms with Crippen molar-refractivity contribution >= 4 is 21.9 Å². The maximum Gasteiger partial charge on any atom is 0.337 e. The molecule has 0 bridgehead atoms. The minimum Gasteiger partial charge on any atom is -0.462 e. The van der Waals surface area contributed by atoms with E-state index in [4.69, 9.17) is 9.47 Å². The summed E-state index contributed by atoms with van der Waals surface area (Å²) in [6.07, 6.45) is 5.75. The Morgan fingerprint density at radius 3 is 2.88 bits per heavy atom. The molecule has 0 aromatic carbocycles. The first-order valence-corrected chi connectivity index (χ1v) is 6.33. The van der Waals surface area contributed by atoms with Crippen molar-refractivity contribution < 1.29 is 14.3 Å². The Morgan fingerprint density at radius 1 is 1.56 bits per heavy atom. The monoisotopic (exact) mass is 286 g/mol. The van der Waals surface area contributed by atoms with E-state index in [-0.39, 0.29) is 11.4 Å². The van der Waals surface area contributed by atoms with Crippen molar-refractivity contribution in [3.8, 4) is 0 Å². The second-order valence-electron chi connectivity index (χ2n) is 4.08. The molecule has 0 atom stereocenters. The van der Waals surface area contributed by atoms with Gasteiger partial charge < -0.3 is 9.47 Å². The van der Waals surface area contributed by atoms with Gasteiger partial charge in [-0.3, -0.25) is 0 Å². The Kier molecular flexibility index (Phi) is 3.50. The summed E-state index contributed by atoms with van der Waals surface area (Å²) >= 11 is 3.56. The van der Waals surface area contributed by atoms with Crippen LogP contribution in [0.15, 0.2) is 22.2 Å². The number of hydrogen-bond donors (Lipinski definition) is 0. The number of ether oxygens (including phenoxy) is 2. The molecule has 1 aliphatic heterocycles. The summed E-state index contributed by atoms with van der Waals surface area (Å²) < 4.78 is 11.4. The smallest absolute Gasteiger partial charge is 0.337 e. The molecule has 0 radical (unpaired) electrons. The largest absolute Gasteiger partial charge is 0.462 e. The molecule has 1 heterocycles. The van der Waals surface area contributed by atoms with E-state index < -0.39 is 0 Å². The minimum absolute atomic E-state index is 0.0274. The highest BCUT2D eigenvalue weighted by molar-refractivity contribution is 9.11. The summed E-state index contributed by atoms with van der Waals surface area (Å²) in [5.74, 6) is -0.234. The van der Waals surface area contributed by atoms with Gasteiger partial charge in [0.15, 0.2) is 0 Å². The molecule has 88 valence electrons. The van der Waals surface area contributed by atoms with Crippen molar-refractivity contribution in [1.82, 2.24) is 0 Å². The third kappa shape index (κ3) is 2.09. The third-order valence-electron chi connectivity index (χ3n) is 3.09. The first kappa shape index (κ1) is 11.9. The highest BCUT2D eigenvalue weighted by Crippen LogP contribution is 2.47. The predicted molar refractivity (Wildman–Crippen MR) is 64.2 cm³/mol. The maximum atomic E-state index is 11.6. The SMILES string of the molecule is CCOC(=O)C1=CC2(CCOCC2)C(Br)=C1. The molecule has 0 N–H and O–H groups in total. The summed E-state index contributed by atoms with van der Waals surface area (Å²) in [4.78, 5) is 11.6. The summed E-state index contributed by atoms with van der Waals surface area (Å²) in [6, 6.07) is 0. The van der Waals surface area contributed by atoms with Crippen molar-refractivity contribution in [1.29, 1.82) is 0 Å². The number of allylic oxidation sites excluding steroid dienone is 2. The zero-order chi connectivity index (χ0) is 11.6. The lowest BCUT2D eigenvalue weighted by Crippen LogP contribution is -2.26. The number of halogens is 1. The third-order valence-corrected chi connectivity index (χ3v) is 4.10. The van der Waals surface area contributed by atoms with Crippen LogP contribution >= 0.6 is 15.9 Å². The van der Waals surface area contributed by atoms with E-state index in [2.05, 4.69) is 15.9 Å².